The van der Waals surface area contributed by atoms with Gasteiger partial charge in [-0.25, -0.2) is 0 Å². The van der Waals surface area contributed by atoms with E-state index >= 15 is 0 Å². The number of ether oxygens (including phenoxy) is 3. The molecule has 0 N–H and O–H groups in total. The molecule has 116 valence electrons. The number of hydrogen-bond donors (Lipinski definition) is 0. The van der Waals surface area contributed by atoms with Crippen LogP contribution in [0.25, 0.3) is 0 Å². The zero-order valence-electron chi connectivity index (χ0n) is 12.5. The highest BCUT2D eigenvalue weighted by Gasteiger charge is 2.31. The molecule has 0 aromatic heterocycles. The fraction of sp³-hybridized carbons (Fsp3) is 0.786. The van der Waals surface area contributed by atoms with E-state index in [9.17, 15) is 14.4 Å². The van der Waals surface area contributed by atoms with Gasteiger partial charge in [-0.1, -0.05) is 20.8 Å². The van der Waals surface area contributed by atoms with E-state index in [0.717, 1.165) is 0 Å². The second-order valence-electron chi connectivity index (χ2n) is 4.60. The van der Waals surface area contributed by atoms with Gasteiger partial charge in [-0.05, 0) is 12.8 Å². The highest BCUT2D eigenvalue weighted by Crippen LogP contribution is 2.28. The summed E-state index contributed by atoms with van der Waals surface area (Å²) in [5, 5.41) is 0. The Balaban J connectivity index is 4.52. The molecule has 0 saturated heterocycles. The summed E-state index contributed by atoms with van der Waals surface area (Å²) in [4.78, 5) is 32.8. The molecule has 0 amide bonds. The first-order valence-electron chi connectivity index (χ1n) is 6.90. The van der Waals surface area contributed by atoms with E-state index in [4.69, 9.17) is 14.2 Å². The highest BCUT2D eigenvalue weighted by atomic mass is 16.5. The van der Waals surface area contributed by atoms with Crippen LogP contribution in [-0.2, 0) is 28.6 Å². The van der Waals surface area contributed by atoms with Crippen molar-refractivity contribution in [2.75, 3.05) is 19.8 Å². The Hall–Kier alpha value is -1.59. The van der Waals surface area contributed by atoms with E-state index in [1.807, 2.05) is 6.92 Å². The Morgan fingerprint density at radius 1 is 1.00 bits per heavy atom. The van der Waals surface area contributed by atoms with Crippen LogP contribution in [-0.4, -0.2) is 38.2 Å². The van der Waals surface area contributed by atoms with Gasteiger partial charge in [0.1, 0.15) is 6.61 Å². The van der Waals surface area contributed by atoms with Crippen molar-refractivity contribution in [2.45, 2.75) is 46.5 Å². The standard InChI is InChI=1S/C14H24O6/c1-4-12(16)19-8-7-14(6-3,9-18-11-15)10-20-13(17)5-2/h11H,4-10H2,1-3H3. The third-order valence-corrected chi connectivity index (χ3v) is 3.22. The second kappa shape index (κ2) is 10.2. The van der Waals surface area contributed by atoms with Crippen LogP contribution < -0.4 is 0 Å². The van der Waals surface area contributed by atoms with Crippen LogP contribution in [0.5, 0.6) is 0 Å². The number of hydrogen-bond acceptors (Lipinski definition) is 6. The van der Waals surface area contributed by atoms with Gasteiger partial charge in [0.25, 0.3) is 6.47 Å². The summed E-state index contributed by atoms with van der Waals surface area (Å²) in [6.45, 7) is 6.20. The molecule has 6 heteroatoms. The Kier molecular flexibility index (Phi) is 9.41. The highest BCUT2D eigenvalue weighted by molar-refractivity contribution is 5.69. The first-order chi connectivity index (χ1) is 9.53. The summed E-state index contributed by atoms with van der Waals surface area (Å²) in [7, 11) is 0. The van der Waals surface area contributed by atoms with Crippen LogP contribution in [0.4, 0.5) is 0 Å². The largest absolute Gasteiger partial charge is 0.467 e. The smallest absolute Gasteiger partial charge is 0.305 e. The third-order valence-electron chi connectivity index (χ3n) is 3.22. The van der Waals surface area contributed by atoms with E-state index in [1.165, 1.54) is 0 Å². The van der Waals surface area contributed by atoms with Gasteiger partial charge < -0.3 is 14.2 Å². The van der Waals surface area contributed by atoms with Crippen molar-refractivity contribution in [3.8, 4) is 0 Å². The van der Waals surface area contributed by atoms with Crippen LogP contribution >= 0.6 is 0 Å². The zero-order chi connectivity index (χ0) is 15.4. The van der Waals surface area contributed by atoms with Crippen molar-refractivity contribution < 1.29 is 28.6 Å². The lowest BCUT2D eigenvalue weighted by Gasteiger charge is -2.30. The first kappa shape index (κ1) is 18.4. The Labute approximate surface area is 119 Å². The molecule has 1 atom stereocenters. The van der Waals surface area contributed by atoms with Crippen LogP contribution in [0.3, 0.4) is 0 Å². The lowest BCUT2D eigenvalue weighted by atomic mass is 9.83. The molecule has 0 aromatic carbocycles. The molecule has 0 fully saturated rings. The van der Waals surface area contributed by atoms with Crippen molar-refractivity contribution in [1.82, 2.24) is 0 Å². The minimum absolute atomic E-state index is 0.133. The van der Waals surface area contributed by atoms with Gasteiger partial charge in [0, 0.05) is 18.3 Å². The Bertz CT molecular complexity index is 315. The van der Waals surface area contributed by atoms with Gasteiger partial charge >= 0.3 is 11.9 Å². The van der Waals surface area contributed by atoms with E-state index in [-0.39, 0.29) is 31.8 Å². The molecule has 0 rings (SSSR count). The Morgan fingerprint density at radius 2 is 1.60 bits per heavy atom. The van der Waals surface area contributed by atoms with Crippen molar-refractivity contribution in [3.63, 3.8) is 0 Å². The summed E-state index contributed by atoms with van der Waals surface area (Å²) in [6, 6.07) is 0. The maximum absolute atomic E-state index is 11.3. The van der Waals surface area contributed by atoms with E-state index < -0.39 is 5.41 Å². The molecule has 1 unspecified atom stereocenters. The maximum atomic E-state index is 11.3. The predicted octanol–water partition coefficient (Wildman–Crippen LogP) is 1.85. The molecule has 0 saturated carbocycles. The van der Waals surface area contributed by atoms with E-state index in [1.54, 1.807) is 13.8 Å². The fourth-order valence-electron chi connectivity index (χ4n) is 1.60. The number of esters is 2. The van der Waals surface area contributed by atoms with Crippen LogP contribution in [0.15, 0.2) is 0 Å². The van der Waals surface area contributed by atoms with Crippen LogP contribution in [0, 0.1) is 5.41 Å². The quantitative estimate of drug-likeness (QED) is 0.328. The topological polar surface area (TPSA) is 78.9 Å². The number of rotatable bonds is 11. The first-order valence-corrected chi connectivity index (χ1v) is 6.90. The average molecular weight is 288 g/mol. The van der Waals surface area contributed by atoms with Crippen molar-refractivity contribution in [1.29, 1.82) is 0 Å². The minimum Gasteiger partial charge on any atom is -0.467 e. The molecule has 0 aliphatic heterocycles. The van der Waals surface area contributed by atoms with Gasteiger partial charge in [0.2, 0.25) is 0 Å². The maximum Gasteiger partial charge on any atom is 0.305 e. The molecule has 0 spiro atoms. The summed E-state index contributed by atoms with van der Waals surface area (Å²) < 4.78 is 15.0. The molecule has 20 heavy (non-hydrogen) atoms. The lowest BCUT2D eigenvalue weighted by Crippen LogP contribution is -2.34. The third kappa shape index (κ3) is 7.11. The van der Waals surface area contributed by atoms with Gasteiger partial charge in [-0.15, -0.1) is 0 Å². The molecule has 0 aliphatic carbocycles. The summed E-state index contributed by atoms with van der Waals surface area (Å²) >= 11 is 0. The zero-order valence-corrected chi connectivity index (χ0v) is 12.5. The van der Waals surface area contributed by atoms with E-state index in [0.29, 0.717) is 32.2 Å². The molecule has 6 nitrogen and oxygen atoms in total. The van der Waals surface area contributed by atoms with Gasteiger partial charge in [-0.2, -0.15) is 0 Å². The number of carbonyl (C=O) groups excluding carboxylic acids is 3. The molecule has 0 heterocycles. The molecule has 0 aliphatic rings. The van der Waals surface area contributed by atoms with Crippen molar-refractivity contribution >= 4 is 18.4 Å². The Morgan fingerprint density at radius 3 is 2.10 bits per heavy atom. The normalized spacial score (nSPS) is 13.2. The van der Waals surface area contributed by atoms with E-state index in [2.05, 4.69) is 0 Å². The van der Waals surface area contributed by atoms with Crippen molar-refractivity contribution in [3.05, 3.63) is 0 Å². The molecular formula is C14H24O6. The monoisotopic (exact) mass is 288 g/mol. The lowest BCUT2D eigenvalue weighted by molar-refractivity contribution is -0.153. The second-order valence-corrected chi connectivity index (χ2v) is 4.60. The summed E-state index contributed by atoms with van der Waals surface area (Å²) in [5.41, 5.74) is -0.514. The van der Waals surface area contributed by atoms with Crippen molar-refractivity contribution in [2.24, 2.45) is 5.41 Å². The molecule has 0 bridgehead atoms. The van der Waals surface area contributed by atoms with Gasteiger partial charge in [0.15, 0.2) is 0 Å². The minimum atomic E-state index is -0.514. The van der Waals surface area contributed by atoms with Gasteiger partial charge in [0.05, 0.1) is 13.2 Å². The van der Waals surface area contributed by atoms with Crippen LogP contribution in [0.2, 0.25) is 0 Å². The SMILES string of the molecule is CCC(=O)OCCC(CC)(COC=O)COC(=O)CC. The molecule has 0 aromatic rings. The summed E-state index contributed by atoms with van der Waals surface area (Å²) in [6.07, 6.45) is 1.72. The fourth-order valence-corrected chi connectivity index (χ4v) is 1.60. The summed E-state index contributed by atoms with van der Waals surface area (Å²) in [5.74, 6) is -0.587. The molecule has 0 radical (unpaired) electrons. The predicted molar refractivity (Wildman–Crippen MR) is 71.9 cm³/mol. The molecular weight excluding hydrogens is 264 g/mol. The van der Waals surface area contributed by atoms with Gasteiger partial charge in [-0.3, -0.25) is 14.4 Å². The van der Waals surface area contributed by atoms with Crippen LogP contribution in [0.1, 0.15) is 46.5 Å². The average Bonchev–Trinajstić information content (AvgIpc) is 2.48. The number of carbonyl (C=O) groups is 3.